The SMILES string of the molecule is O=C(C[N+]12CCC(CC1)[C@@H](OC(=O)[C@@](O)(c1ccccc1)C1CCCC1)C2)Nc1ccon1.O=P([O-])(O)O. The first-order valence-electron chi connectivity index (χ1n) is 12.8. The van der Waals surface area contributed by atoms with Gasteiger partial charge in [-0.05, 0) is 18.4 Å². The number of aliphatic hydroxyl groups is 1. The van der Waals surface area contributed by atoms with Gasteiger partial charge < -0.3 is 38.8 Å². The van der Waals surface area contributed by atoms with E-state index in [2.05, 4.69) is 10.5 Å². The number of esters is 1. The zero-order valence-corrected chi connectivity index (χ0v) is 21.9. The van der Waals surface area contributed by atoms with Crippen molar-refractivity contribution in [2.24, 2.45) is 11.8 Å². The predicted octanol–water partition coefficient (Wildman–Crippen LogP) is 1.28. The van der Waals surface area contributed by atoms with Gasteiger partial charge in [0.2, 0.25) is 0 Å². The summed E-state index contributed by atoms with van der Waals surface area (Å²) in [4.78, 5) is 49.1. The molecule has 12 nitrogen and oxygen atoms in total. The second-order valence-corrected chi connectivity index (χ2v) is 11.4. The molecule has 2 aromatic rings. The highest BCUT2D eigenvalue weighted by molar-refractivity contribution is 7.43. The smallest absolute Gasteiger partial charge is 0.343 e. The number of carbonyl (C=O) groups is 2. The van der Waals surface area contributed by atoms with Gasteiger partial charge in [-0.25, -0.2) is 4.79 Å². The average molecular weight is 552 g/mol. The number of anilines is 1. The van der Waals surface area contributed by atoms with Crippen LogP contribution in [-0.2, 0) is 24.5 Å². The lowest BCUT2D eigenvalue weighted by Crippen LogP contribution is -2.66. The molecule has 208 valence electrons. The highest BCUT2D eigenvalue weighted by Crippen LogP contribution is 2.43. The quantitative estimate of drug-likeness (QED) is 0.222. The lowest BCUT2D eigenvalue weighted by Gasteiger charge is -2.51. The molecule has 1 aliphatic carbocycles. The fourth-order valence-corrected chi connectivity index (χ4v) is 6.12. The van der Waals surface area contributed by atoms with Crippen LogP contribution in [0, 0.1) is 11.8 Å². The van der Waals surface area contributed by atoms with Crippen LogP contribution in [0.1, 0.15) is 44.1 Å². The molecule has 1 aromatic carbocycles. The Hall–Kier alpha value is -2.60. The Bertz CT molecular complexity index is 1120. The van der Waals surface area contributed by atoms with Gasteiger partial charge in [0, 0.05) is 30.7 Å². The van der Waals surface area contributed by atoms with E-state index in [-0.39, 0.29) is 23.8 Å². The summed E-state index contributed by atoms with van der Waals surface area (Å²) in [7, 11) is -4.89. The molecule has 2 atom stereocenters. The van der Waals surface area contributed by atoms with Crippen molar-refractivity contribution >= 4 is 25.5 Å². The van der Waals surface area contributed by atoms with Crippen LogP contribution >= 0.6 is 7.82 Å². The van der Waals surface area contributed by atoms with Crippen LogP contribution in [0.4, 0.5) is 5.82 Å². The second kappa shape index (κ2) is 11.6. The van der Waals surface area contributed by atoms with E-state index >= 15 is 0 Å². The number of phosphoric acid groups is 1. The third kappa shape index (κ3) is 6.88. The standard InChI is InChI=1S/C25H31N3O5.H3O4P/c29-23(26-22-12-15-32-27-22)17-28-13-10-18(11-14-28)21(16-28)33-24(30)25(31,20-8-4-5-9-20)19-6-2-1-3-7-19;1-5(2,3)4/h1-3,6-7,12,15,18,20-21,31H,4-5,8-11,13-14,16-17H2;(H3,1,2,3,4)/t18?,21-,25+,28?;/m0./s1. The molecule has 3 saturated heterocycles. The van der Waals surface area contributed by atoms with Crippen molar-refractivity contribution in [3.05, 3.63) is 48.2 Å². The first-order valence-corrected chi connectivity index (χ1v) is 14.3. The molecule has 1 saturated carbocycles. The summed E-state index contributed by atoms with van der Waals surface area (Å²) >= 11 is 0. The number of fused-ring (bicyclic) bond motifs is 3. The van der Waals surface area contributed by atoms with Crippen molar-refractivity contribution in [1.29, 1.82) is 0 Å². The molecular weight excluding hydrogens is 517 g/mol. The normalized spacial score (nSPS) is 26.6. The number of ether oxygens (including phenoxy) is 1. The highest BCUT2D eigenvalue weighted by Gasteiger charge is 2.53. The van der Waals surface area contributed by atoms with Gasteiger partial charge in [0.1, 0.15) is 12.8 Å². The number of hydrogen-bond donors (Lipinski definition) is 4. The number of aromatic nitrogens is 1. The van der Waals surface area contributed by atoms with Crippen LogP contribution in [0.25, 0.3) is 0 Å². The molecule has 4 heterocycles. The van der Waals surface area contributed by atoms with E-state index in [0.717, 1.165) is 51.6 Å². The minimum absolute atomic E-state index is 0.124. The fraction of sp³-hybridized carbons (Fsp3) is 0.560. The summed E-state index contributed by atoms with van der Waals surface area (Å²) in [6, 6.07) is 10.8. The number of piperidine rings is 3. The van der Waals surface area contributed by atoms with Gasteiger partial charge in [0.25, 0.3) is 13.7 Å². The van der Waals surface area contributed by atoms with Crippen LogP contribution in [0.15, 0.2) is 47.2 Å². The topological polar surface area (TPSA) is 182 Å². The van der Waals surface area contributed by atoms with E-state index in [1.165, 1.54) is 6.26 Å². The molecule has 13 heteroatoms. The molecule has 4 fully saturated rings. The number of nitrogens with zero attached hydrogens (tertiary/aromatic N) is 2. The molecule has 0 radical (unpaired) electrons. The van der Waals surface area contributed by atoms with E-state index in [1.54, 1.807) is 6.07 Å². The third-order valence-corrected chi connectivity index (χ3v) is 7.96. The summed E-state index contributed by atoms with van der Waals surface area (Å²) in [5.74, 6) is -0.121. The number of benzene rings is 1. The van der Waals surface area contributed by atoms with Gasteiger partial charge >= 0.3 is 5.97 Å². The molecule has 0 spiro atoms. The fourth-order valence-electron chi connectivity index (χ4n) is 6.12. The number of rotatable bonds is 7. The Labute approximate surface area is 220 Å². The Kier molecular flexibility index (Phi) is 8.71. The number of amides is 1. The van der Waals surface area contributed by atoms with E-state index in [0.29, 0.717) is 29.0 Å². The van der Waals surface area contributed by atoms with E-state index in [4.69, 9.17) is 28.5 Å². The van der Waals surface area contributed by atoms with E-state index in [1.807, 2.05) is 30.3 Å². The maximum Gasteiger partial charge on any atom is 0.343 e. The summed E-state index contributed by atoms with van der Waals surface area (Å²) in [5, 5.41) is 18.3. The number of hydrogen-bond acceptors (Lipinski definition) is 8. The maximum atomic E-state index is 13.6. The maximum absolute atomic E-state index is 13.6. The minimum Gasteiger partial charge on any atom is -0.756 e. The van der Waals surface area contributed by atoms with Crippen LogP contribution in [0.5, 0.6) is 0 Å². The van der Waals surface area contributed by atoms with Crippen LogP contribution in [0.3, 0.4) is 0 Å². The van der Waals surface area contributed by atoms with Crippen molar-refractivity contribution in [2.45, 2.75) is 50.2 Å². The molecule has 1 aromatic heterocycles. The number of nitrogens with one attached hydrogen (secondary N) is 1. The Morgan fingerprint density at radius 1 is 1.13 bits per heavy atom. The van der Waals surface area contributed by atoms with Crippen molar-refractivity contribution in [2.75, 3.05) is 31.5 Å². The van der Waals surface area contributed by atoms with Gasteiger partial charge in [-0.1, -0.05) is 48.3 Å². The lowest BCUT2D eigenvalue weighted by atomic mass is 9.79. The molecule has 4 aliphatic rings. The first-order chi connectivity index (χ1) is 18.0. The molecule has 4 N–H and O–H groups in total. The zero-order chi connectivity index (χ0) is 27.4. The molecule has 2 bridgehead atoms. The largest absolute Gasteiger partial charge is 0.756 e. The van der Waals surface area contributed by atoms with Crippen molar-refractivity contribution in [3.63, 3.8) is 0 Å². The number of quaternary nitrogens is 1. The van der Waals surface area contributed by atoms with E-state index < -0.39 is 19.4 Å². The third-order valence-electron chi connectivity index (χ3n) is 7.96. The molecular formula is C25H34N3O9P. The summed E-state index contributed by atoms with van der Waals surface area (Å²) in [5.41, 5.74) is -1.02. The Morgan fingerprint density at radius 3 is 2.34 bits per heavy atom. The van der Waals surface area contributed by atoms with Gasteiger partial charge in [0.05, 0.1) is 13.1 Å². The summed E-state index contributed by atoms with van der Waals surface area (Å²) in [6.45, 7) is 2.67. The minimum atomic E-state index is -4.89. The van der Waals surface area contributed by atoms with E-state index in [9.17, 15) is 14.7 Å². The Morgan fingerprint density at radius 2 is 1.76 bits per heavy atom. The van der Waals surface area contributed by atoms with Gasteiger partial charge in [-0.2, -0.15) is 0 Å². The zero-order valence-electron chi connectivity index (χ0n) is 21.0. The predicted molar refractivity (Wildman–Crippen MR) is 132 cm³/mol. The number of carbonyl (C=O) groups excluding carboxylic acids is 2. The second-order valence-electron chi connectivity index (χ2n) is 10.4. The van der Waals surface area contributed by atoms with Crippen molar-refractivity contribution in [3.8, 4) is 0 Å². The monoisotopic (exact) mass is 551 g/mol. The van der Waals surface area contributed by atoms with Gasteiger partial charge in [-0.3, -0.25) is 9.36 Å². The van der Waals surface area contributed by atoms with Crippen molar-refractivity contribution in [1.82, 2.24) is 5.16 Å². The summed E-state index contributed by atoms with van der Waals surface area (Å²) < 4.78 is 20.3. The highest BCUT2D eigenvalue weighted by atomic mass is 31.2. The van der Waals surface area contributed by atoms with Gasteiger partial charge in [-0.15, -0.1) is 0 Å². The molecule has 0 unspecified atom stereocenters. The van der Waals surface area contributed by atoms with Crippen molar-refractivity contribution < 1.29 is 47.7 Å². The van der Waals surface area contributed by atoms with Crippen LogP contribution in [-0.4, -0.2) is 68.7 Å². The molecule has 1 amide bonds. The molecule has 6 rings (SSSR count). The molecule has 3 aliphatic heterocycles. The van der Waals surface area contributed by atoms with Crippen LogP contribution in [0.2, 0.25) is 0 Å². The van der Waals surface area contributed by atoms with Gasteiger partial charge in [0.15, 0.2) is 24.1 Å². The summed E-state index contributed by atoms with van der Waals surface area (Å²) in [6.07, 6.45) is 6.59. The molecule has 38 heavy (non-hydrogen) atoms. The van der Waals surface area contributed by atoms with Crippen LogP contribution < -0.4 is 10.2 Å². The lowest BCUT2D eigenvalue weighted by molar-refractivity contribution is -0.939. The average Bonchev–Trinajstić information content (AvgIpc) is 3.58. The Balaban J connectivity index is 0.000000617. The first kappa shape index (κ1) is 28.4.